The first-order chi connectivity index (χ1) is 9.97. The van der Waals surface area contributed by atoms with Crippen molar-refractivity contribution in [3.63, 3.8) is 0 Å². The summed E-state index contributed by atoms with van der Waals surface area (Å²) in [5, 5.41) is 14.1. The van der Waals surface area contributed by atoms with E-state index in [4.69, 9.17) is 5.11 Å². The topological polar surface area (TPSA) is 95.4 Å². The van der Waals surface area contributed by atoms with Crippen LogP contribution in [0.2, 0.25) is 0 Å². The van der Waals surface area contributed by atoms with Gasteiger partial charge >= 0.3 is 12.0 Å². The Kier molecular flexibility index (Phi) is 4.86. The van der Waals surface area contributed by atoms with Gasteiger partial charge in [-0.1, -0.05) is 0 Å². The highest BCUT2D eigenvalue weighted by molar-refractivity contribution is 7.13. The Labute approximate surface area is 129 Å². The van der Waals surface area contributed by atoms with Crippen molar-refractivity contribution in [1.82, 2.24) is 20.2 Å². The van der Waals surface area contributed by atoms with E-state index < -0.39 is 5.97 Å². The van der Waals surface area contributed by atoms with E-state index in [0.29, 0.717) is 17.2 Å². The summed E-state index contributed by atoms with van der Waals surface area (Å²) in [6.45, 7) is 2.27. The number of carbonyl (C=O) groups excluding carboxylic acids is 1. The largest absolute Gasteiger partial charge is 0.477 e. The number of carboxylic acids is 1. The fourth-order valence-corrected chi connectivity index (χ4v) is 3.04. The SMILES string of the molecule is Cc1nc(CNC(=O)N(C)Cc2cscn2)sc1C(=O)O. The van der Waals surface area contributed by atoms with Crippen LogP contribution in [0.5, 0.6) is 0 Å². The van der Waals surface area contributed by atoms with Gasteiger partial charge in [0.25, 0.3) is 0 Å². The number of urea groups is 1. The third kappa shape index (κ3) is 3.99. The zero-order valence-electron chi connectivity index (χ0n) is 11.5. The maximum Gasteiger partial charge on any atom is 0.347 e. The van der Waals surface area contributed by atoms with Crippen molar-refractivity contribution in [2.45, 2.75) is 20.0 Å². The number of aromatic carboxylic acids is 1. The van der Waals surface area contributed by atoms with Crippen LogP contribution < -0.4 is 5.32 Å². The predicted octanol–water partition coefficient (Wildman–Crippen LogP) is 1.95. The van der Waals surface area contributed by atoms with Gasteiger partial charge in [0.1, 0.15) is 9.88 Å². The lowest BCUT2D eigenvalue weighted by Gasteiger charge is -2.16. The molecule has 9 heteroatoms. The zero-order valence-corrected chi connectivity index (χ0v) is 13.1. The molecule has 0 saturated heterocycles. The Bertz CT molecular complexity index is 639. The summed E-state index contributed by atoms with van der Waals surface area (Å²) < 4.78 is 0. The van der Waals surface area contributed by atoms with Crippen LogP contribution in [-0.4, -0.2) is 39.0 Å². The van der Waals surface area contributed by atoms with E-state index in [9.17, 15) is 9.59 Å². The van der Waals surface area contributed by atoms with Crippen molar-refractivity contribution in [3.05, 3.63) is 32.2 Å². The molecule has 2 heterocycles. The number of carbonyl (C=O) groups is 2. The average Bonchev–Trinajstić information content (AvgIpc) is 3.05. The summed E-state index contributed by atoms with van der Waals surface area (Å²) in [5.41, 5.74) is 3.01. The molecule has 0 aliphatic carbocycles. The van der Waals surface area contributed by atoms with Crippen LogP contribution in [0.1, 0.15) is 26.1 Å². The van der Waals surface area contributed by atoms with Gasteiger partial charge in [0, 0.05) is 12.4 Å². The van der Waals surface area contributed by atoms with Crippen LogP contribution in [0.4, 0.5) is 4.79 Å². The van der Waals surface area contributed by atoms with Gasteiger partial charge in [-0.05, 0) is 6.92 Å². The van der Waals surface area contributed by atoms with E-state index in [0.717, 1.165) is 17.0 Å². The average molecular weight is 326 g/mol. The van der Waals surface area contributed by atoms with Crippen LogP contribution in [-0.2, 0) is 13.1 Å². The molecule has 7 nitrogen and oxygen atoms in total. The summed E-state index contributed by atoms with van der Waals surface area (Å²) in [5.74, 6) is -0.997. The van der Waals surface area contributed by atoms with Crippen molar-refractivity contribution < 1.29 is 14.7 Å². The number of hydrogen-bond acceptors (Lipinski definition) is 6. The molecule has 0 unspecified atom stereocenters. The quantitative estimate of drug-likeness (QED) is 0.875. The monoisotopic (exact) mass is 326 g/mol. The Morgan fingerprint density at radius 1 is 1.48 bits per heavy atom. The number of thiazole rings is 2. The summed E-state index contributed by atoms with van der Waals surface area (Å²) in [6.07, 6.45) is 0. The number of aryl methyl sites for hydroxylation is 1. The van der Waals surface area contributed by atoms with Crippen LogP contribution in [0, 0.1) is 6.92 Å². The molecule has 2 N–H and O–H groups in total. The highest BCUT2D eigenvalue weighted by atomic mass is 32.1. The van der Waals surface area contributed by atoms with E-state index in [1.165, 1.54) is 16.2 Å². The standard InChI is InChI=1S/C12H14N4O3S2/c1-7-10(11(17)18)21-9(15-7)3-13-12(19)16(2)4-8-5-20-6-14-8/h5-6H,3-4H2,1-2H3,(H,13,19)(H,17,18). The Balaban J connectivity index is 1.88. The van der Waals surface area contributed by atoms with Crippen molar-refractivity contribution in [2.24, 2.45) is 0 Å². The first-order valence-electron chi connectivity index (χ1n) is 6.03. The van der Waals surface area contributed by atoms with Gasteiger partial charge in [0.2, 0.25) is 0 Å². The maximum atomic E-state index is 11.9. The molecular weight excluding hydrogens is 312 g/mol. The van der Waals surface area contributed by atoms with Crippen molar-refractivity contribution >= 4 is 34.7 Å². The highest BCUT2D eigenvalue weighted by Crippen LogP contribution is 2.17. The molecule has 2 aromatic heterocycles. The molecule has 0 bridgehead atoms. The van der Waals surface area contributed by atoms with E-state index >= 15 is 0 Å². The molecule has 112 valence electrons. The third-order valence-electron chi connectivity index (χ3n) is 2.66. The molecule has 0 spiro atoms. The number of rotatable bonds is 5. The molecule has 0 atom stereocenters. The Morgan fingerprint density at radius 2 is 2.24 bits per heavy atom. The Morgan fingerprint density at radius 3 is 2.81 bits per heavy atom. The van der Waals surface area contributed by atoms with Gasteiger partial charge in [0.15, 0.2) is 0 Å². The predicted molar refractivity (Wildman–Crippen MR) is 79.6 cm³/mol. The molecule has 2 aromatic rings. The summed E-state index contributed by atoms with van der Waals surface area (Å²) >= 11 is 2.55. The molecule has 0 aliphatic rings. The van der Waals surface area contributed by atoms with Gasteiger partial charge in [-0.15, -0.1) is 22.7 Å². The van der Waals surface area contributed by atoms with Gasteiger partial charge in [-0.2, -0.15) is 0 Å². The number of carboxylic acid groups (broad SMARTS) is 1. The van der Waals surface area contributed by atoms with Crippen LogP contribution in [0.15, 0.2) is 10.9 Å². The second kappa shape index (κ2) is 6.64. The first-order valence-corrected chi connectivity index (χ1v) is 7.79. The molecule has 21 heavy (non-hydrogen) atoms. The van der Waals surface area contributed by atoms with Crippen molar-refractivity contribution in [1.29, 1.82) is 0 Å². The molecule has 2 amide bonds. The lowest BCUT2D eigenvalue weighted by Crippen LogP contribution is -2.36. The van der Waals surface area contributed by atoms with Gasteiger partial charge in [0.05, 0.1) is 30.0 Å². The van der Waals surface area contributed by atoms with E-state index in [2.05, 4.69) is 15.3 Å². The summed E-state index contributed by atoms with van der Waals surface area (Å²) in [7, 11) is 1.67. The second-order valence-corrected chi connectivity index (χ2v) is 6.12. The van der Waals surface area contributed by atoms with Gasteiger partial charge in [-0.25, -0.2) is 19.6 Å². The fraction of sp³-hybridized carbons (Fsp3) is 0.333. The van der Waals surface area contributed by atoms with Crippen LogP contribution in [0.3, 0.4) is 0 Å². The maximum absolute atomic E-state index is 11.9. The zero-order chi connectivity index (χ0) is 15.4. The van der Waals surface area contributed by atoms with Crippen LogP contribution in [0.25, 0.3) is 0 Å². The lowest BCUT2D eigenvalue weighted by atomic mass is 10.4. The Hall–Kier alpha value is -2.00. The molecule has 0 fully saturated rings. The molecule has 2 rings (SSSR count). The highest BCUT2D eigenvalue weighted by Gasteiger charge is 2.15. The number of nitrogens with zero attached hydrogens (tertiary/aromatic N) is 3. The molecule has 0 aromatic carbocycles. The molecular formula is C12H14N4O3S2. The normalized spacial score (nSPS) is 10.4. The number of nitrogens with one attached hydrogen (secondary N) is 1. The van der Waals surface area contributed by atoms with Gasteiger partial charge < -0.3 is 15.3 Å². The number of hydrogen-bond donors (Lipinski definition) is 2. The minimum Gasteiger partial charge on any atom is -0.477 e. The van der Waals surface area contributed by atoms with E-state index in [-0.39, 0.29) is 17.5 Å². The fourth-order valence-electron chi connectivity index (χ4n) is 1.64. The van der Waals surface area contributed by atoms with E-state index in [1.807, 2.05) is 5.38 Å². The minimum absolute atomic E-state index is 0.204. The number of aromatic nitrogens is 2. The molecule has 0 saturated carbocycles. The second-order valence-electron chi connectivity index (χ2n) is 4.32. The van der Waals surface area contributed by atoms with Crippen molar-refractivity contribution in [2.75, 3.05) is 7.05 Å². The van der Waals surface area contributed by atoms with E-state index in [1.54, 1.807) is 19.5 Å². The first kappa shape index (κ1) is 15.4. The lowest BCUT2D eigenvalue weighted by molar-refractivity contribution is 0.0701. The molecule has 0 radical (unpaired) electrons. The summed E-state index contributed by atoms with van der Waals surface area (Å²) in [4.78, 5) is 32.8. The molecule has 0 aliphatic heterocycles. The van der Waals surface area contributed by atoms with Crippen LogP contribution >= 0.6 is 22.7 Å². The smallest absolute Gasteiger partial charge is 0.347 e. The minimum atomic E-state index is -0.997. The van der Waals surface area contributed by atoms with Gasteiger partial charge in [-0.3, -0.25) is 0 Å². The summed E-state index contributed by atoms with van der Waals surface area (Å²) in [6, 6.07) is -0.257. The third-order valence-corrected chi connectivity index (χ3v) is 4.44. The number of amides is 2. The van der Waals surface area contributed by atoms with Crippen molar-refractivity contribution in [3.8, 4) is 0 Å².